The van der Waals surface area contributed by atoms with Crippen molar-refractivity contribution < 1.29 is 9.59 Å². The monoisotopic (exact) mass is 490 g/mol. The highest BCUT2D eigenvalue weighted by Crippen LogP contribution is 2.35. The van der Waals surface area contributed by atoms with E-state index in [0.717, 1.165) is 54.8 Å². The number of carbonyl (C=O) groups is 2. The number of hydrogen-bond donors (Lipinski definition) is 0. The molecular formula is C34H22N2O2. The van der Waals surface area contributed by atoms with Crippen LogP contribution in [0.1, 0.15) is 33.6 Å². The molecule has 4 nitrogen and oxygen atoms in total. The van der Waals surface area contributed by atoms with E-state index in [9.17, 15) is 9.59 Å². The van der Waals surface area contributed by atoms with Gasteiger partial charge >= 0.3 is 0 Å². The molecule has 0 saturated heterocycles. The first kappa shape index (κ1) is 22.3. The van der Waals surface area contributed by atoms with Crippen molar-refractivity contribution in [2.75, 3.05) is 0 Å². The maximum atomic E-state index is 12.1. The molecule has 0 saturated carbocycles. The Labute approximate surface area is 219 Å². The lowest BCUT2D eigenvalue weighted by Crippen LogP contribution is -2.05. The molecule has 0 amide bonds. The molecule has 0 N–H and O–H groups in total. The summed E-state index contributed by atoms with van der Waals surface area (Å²) in [5, 5.41) is 8.93. The molecule has 8 rings (SSSR count). The van der Waals surface area contributed by atoms with Crippen molar-refractivity contribution in [3.05, 3.63) is 108 Å². The first-order valence-electron chi connectivity index (χ1n) is 12.7. The van der Waals surface area contributed by atoms with Crippen molar-refractivity contribution in [1.82, 2.24) is 0 Å². The summed E-state index contributed by atoms with van der Waals surface area (Å²) in [6.07, 6.45) is 4.19. The molecule has 0 unspecified atom stereocenters. The third-order valence-electron chi connectivity index (χ3n) is 7.30. The Morgan fingerprint density at radius 3 is 1.26 bits per heavy atom. The minimum absolute atomic E-state index is 0.158. The van der Waals surface area contributed by atoms with E-state index in [-0.39, 0.29) is 11.6 Å². The molecule has 0 aromatic heterocycles. The third-order valence-corrected chi connectivity index (χ3v) is 7.30. The number of nitrogens with zero attached hydrogens (tertiary/aromatic N) is 2. The van der Waals surface area contributed by atoms with Crippen LogP contribution in [0.2, 0.25) is 0 Å². The smallest absolute Gasteiger partial charge is 0.170 e. The second-order valence-corrected chi connectivity index (χ2v) is 9.64. The molecule has 0 spiro atoms. The number of rotatable bonds is 0. The maximum Gasteiger partial charge on any atom is 0.170 e. The van der Waals surface area contributed by atoms with Gasteiger partial charge in [0.2, 0.25) is 0 Å². The molecule has 4 heteroatoms. The van der Waals surface area contributed by atoms with E-state index in [1.807, 2.05) is 48.5 Å². The maximum absolute atomic E-state index is 12.1. The van der Waals surface area contributed by atoms with Crippen LogP contribution < -0.4 is 0 Å². The van der Waals surface area contributed by atoms with Crippen LogP contribution in [-0.2, 0) is 0 Å². The van der Waals surface area contributed by atoms with E-state index < -0.39 is 0 Å². The van der Waals surface area contributed by atoms with Gasteiger partial charge in [-0.1, -0.05) is 60.7 Å². The van der Waals surface area contributed by atoms with Crippen LogP contribution >= 0.6 is 0 Å². The van der Waals surface area contributed by atoms with Crippen LogP contribution in [0, 0.1) is 0 Å². The van der Waals surface area contributed by atoms with Crippen LogP contribution in [-0.4, -0.2) is 24.0 Å². The molecule has 0 radical (unpaired) electrons. The number of fused-ring (bicyclic) bond motifs is 8. The number of aliphatic imine (C=N–C) groups is 2. The molecule has 0 fully saturated rings. The Morgan fingerprint density at radius 2 is 0.842 bits per heavy atom. The number of benzene rings is 6. The van der Waals surface area contributed by atoms with Crippen molar-refractivity contribution >= 4 is 78.5 Å². The first-order valence-corrected chi connectivity index (χ1v) is 12.7. The van der Waals surface area contributed by atoms with E-state index in [1.54, 1.807) is 12.4 Å². The second kappa shape index (κ2) is 8.86. The minimum Gasteiger partial charge on any atom is -0.294 e. The largest absolute Gasteiger partial charge is 0.294 e. The van der Waals surface area contributed by atoms with Gasteiger partial charge in [-0.25, -0.2) is 0 Å². The summed E-state index contributed by atoms with van der Waals surface area (Å²) in [6, 6.07) is 32.8. The predicted octanol–water partition coefficient (Wildman–Crippen LogP) is 8.56. The standard InChI is InChI=1S/2C17H11NO/c2*19-16-7-8-18-15-6-5-13-9-11-3-1-2-4-12(11)10-14(13)17(15)16/h2*1-6,8-10H,7H2. The Balaban J connectivity index is 0.000000127. The summed E-state index contributed by atoms with van der Waals surface area (Å²) in [5.74, 6) is 0.316. The molecule has 38 heavy (non-hydrogen) atoms. The lowest BCUT2D eigenvalue weighted by atomic mass is 9.94. The number of hydrogen-bond acceptors (Lipinski definition) is 4. The molecule has 0 bridgehead atoms. The number of Topliss-reactive ketones (excluding diaryl/α,β-unsaturated/α-hetero) is 2. The van der Waals surface area contributed by atoms with Gasteiger partial charge in [-0.15, -0.1) is 0 Å². The Kier molecular flexibility index (Phi) is 5.19. The van der Waals surface area contributed by atoms with Crippen molar-refractivity contribution in [1.29, 1.82) is 0 Å². The van der Waals surface area contributed by atoms with Gasteiger partial charge in [-0.3, -0.25) is 19.6 Å². The van der Waals surface area contributed by atoms with Crippen molar-refractivity contribution in [3.63, 3.8) is 0 Å². The SMILES string of the molecule is O=C1CC=Nc2ccc3cc4ccccc4cc3c21.O=C1CC=Nc2ccc3cc4ccccc4cc3c21. The highest BCUT2D eigenvalue weighted by molar-refractivity contribution is 6.20. The van der Waals surface area contributed by atoms with E-state index in [2.05, 4.69) is 58.5 Å². The summed E-state index contributed by atoms with van der Waals surface area (Å²) in [6.45, 7) is 0. The lowest BCUT2D eigenvalue weighted by Gasteiger charge is -2.12. The first-order chi connectivity index (χ1) is 18.7. The molecule has 0 aliphatic carbocycles. The van der Waals surface area contributed by atoms with Gasteiger partial charge in [0.1, 0.15) is 0 Å². The van der Waals surface area contributed by atoms with Crippen molar-refractivity contribution in [2.45, 2.75) is 12.8 Å². The van der Waals surface area contributed by atoms with Crippen LogP contribution in [0.5, 0.6) is 0 Å². The fraction of sp³-hybridized carbons (Fsp3) is 0.0588. The van der Waals surface area contributed by atoms with Gasteiger partial charge in [0.25, 0.3) is 0 Å². The third kappa shape index (κ3) is 3.70. The molecular weight excluding hydrogens is 468 g/mol. The van der Waals surface area contributed by atoms with Crippen LogP contribution in [0.3, 0.4) is 0 Å². The summed E-state index contributed by atoms with van der Waals surface area (Å²) in [4.78, 5) is 32.9. The highest BCUT2D eigenvalue weighted by atomic mass is 16.1. The fourth-order valence-corrected chi connectivity index (χ4v) is 5.46. The lowest BCUT2D eigenvalue weighted by molar-refractivity contribution is 0.0994. The van der Waals surface area contributed by atoms with Gasteiger partial charge in [-0.05, 0) is 79.5 Å². The molecule has 2 heterocycles. The van der Waals surface area contributed by atoms with E-state index in [0.29, 0.717) is 12.8 Å². The summed E-state index contributed by atoms with van der Waals surface area (Å²) >= 11 is 0. The van der Waals surface area contributed by atoms with Crippen molar-refractivity contribution in [3.8, 4) is 0 Å². The van der Waals surface area contributed by atoms with Gasteiger partial charge < -0.3 is 0 Å². The van der Waals surface area contributed by atoms with Gasteiger partial charge in [0.15, 0.2) is 11.6 Å². The quantitative estimate of drug-likeness (QED) is 0.200. The Bertz CT molecular complexity index is 1870. The molecule has 6 aromatic rings. The molecule has 2 aliphatic rings. The fourth-order valence-electron chi connectivity index (χ4n) is 5.46. The minimum atomic E-state index is 0.158. The Hall–Kier alpha value is -4.96. The van der Waals surface area contributed by atoms with Gasteiger partial charge in [-0.2, -0.15) is 0 Å². The van der Waals surface area contributed by atoms with Crippen LogP contribution in [0.15, 0.2) is 107 Å². The van der Waals surface area contributed by atoms with Crippen LogP contribution in [0.4, 0.5) is 11.4 Å². The summed E-state index contributed by atoms with van der Waals surface area (Å²) in [7, 11) is 0. The number of ketones is 2. The van der Waals surface area contributed by atoms with E-state index in [1.165, 1.54) is 10.8 Å². The summed E-state index contributed by atoms with van der Waals surface area (Å²) < 4.78 is 0. The van der Waals surface area contributed by atoms with E-state index >= 15 is 0 Å². The second-order valence-electron chi connectivity index (χ2n) is 9.64. The average Bonchev–Trinajstić information content (AvgIpc) is 2.95. The van der Waals surface area contributed by atoms with Gasteiger partial charge in [0.05, 0.1) is 22.5 Å². The molecule has 2 aliphatic heterocycles. The van der Waals surface area contributed by atoms with Crippen LogP contribution in [0.25, 0.3) is 43.1 Å². The average molecular weight is 491 g/mol. The normalized spacial score (nSPS) is 14.0. The molecule has 6 aromatic carbocycles. The number of carbonyl (C=O) groups excluding carboxylic acids is 2. The highest BCUT2D eigenvalue weighted by Gasteiger charge is 2.19. The van der Waals surface area contributed by atoms with Crippen molar-refractivity contribution in [2.24, 2.45) is 9.98 Å². The molecule has 180 valence electrons. The van der Waals surface area contributed by atoms with Gasteiger partial charge in [0, 0.05) is 25.3 Å². The topological polar surface area (TPSA) is 58.9 Å². The zero-order valence-corrected chi connectivity index (χ0v) is 20.5. The Morgan fingerprint density at radius 1 is 0.447 bits per heavy atom. The van der Waals surface area contributed by atoms with E-state index in [4.69, 9.17) is 0 Å². The predicted molar refractivity (Wildman–Crippen MR) is 157 cm³/mol. The summed E-state index contributed by atoms with van der Waals surface area (Å²) in [5.41, 5.74) is 3.12. The molecule has 0 atom stereocenters. The zero-order chi connectivity index (χ0) is 25.6. The zero-order valence-electron chi connectivity index (χ0n) is 20.5.